The predicted molar refractivity (Wildman–Crippen MR) is 106 cm³/mol. The molecule has 0 fully saturated rings. The van der Waals surface area contributed by atoms with Crippen LogP contribution in [-0.4, -0.2) is 37.8 Å². The Balaban J connectivity index is 1.91. The van der Waals surface area contributed by atoms with E-state index in [1.165, 1.54) is 0 Å². The Morgan fingerprint density at radius 2 is 1.96 bits per heavy atom. The van der Waals surface area contributed by atoms with Crippen LogP contribution >= 0.6 is 0 Å². The molecule has 0 bridgehead atoms. The number of nitrogens with zero attached hydrogens (tertiary/aromatic N) is 3. The Bertz CT molecular complexity index is 998. The summed E-state index contributed by atoms with van der Waals surface area (Å²) in [5, 5.41) is 17.2. The molecular formula is C21H24N4O3. The number of nitrogens with one attached hydrogen (secondary N) is 1. The number of amides is 1. The topological polar surface area (TPSA) is 97.1 Å². The third-order valence-corrected chi connectivity index (χ3v) is 4.83. The maximum Gasteiger partial charge on any atom is 0.326 e. The molecule has 0 aliphatic rings. The van der Waals surface area contributed by atoms with E-state index in [0.29, 0.717) is 22.3 Å². The van der Waals surface area contributed by atoms with E-state index in [1.807, 2.05) is 44.2 Å². The second kappa shape index (κ2) is 8.21. The average molecular weight is 380 g/mol. The van der Waals surface area contributed by atoms with Crippen LogP contribution in [-0.2, 0) is 11.2 Å². The molecule has 0 aliphatic heterocycles. The third kappa shape index (κ3) is 4.03. The van der Waals surface area contributed by atoms with Crippen molar-refractivity contribution in [2.75, 3.05) is 0 Å². The van der Waals surface area contributed by atoms with Crippen molar-refractivity contribution >= 4 is 22.9 Å². The first kappa shape index (κ1) is 19.5. The van der Waals surface area contributed by atoms with E-state index in [0.717, 1.165) is 12.0 Å². The number of hydrogen-bond acceptors (Lipinski definition) is 4. The molecule has 1 unspecified atom stereocenters. The maximum absolute atomic E-state index is 12.9. The molecule has 146 valence electrons. The molecular weight excluding hydrogens is 356 g/mol. The molecule has 1 aromatic carbocycles. The summed E-state index contributed by atoms with van der Waals surface area (Å²) >= 11 is 0. The minimum atomic E-state index is -1.07. The molecule has 2 aromatic heterocycles. The quantitative estimate of drug-likeness (QED) is 0.656. The molecule has 7 heteroatoms. The van der Waals surface area contributed by atoms with Crippen molar-refractivity contribution in [2.24, 2.45) is 0 Å². The lowest BCUT2D eigenvalue weighted by Gasteiger charge is -2.16. The van der Waals surface area contributed by atoms with Crippen LogP contribution in [0.3, 0.4) is 0 Å². The number of carboxylic acid groups (broad SMARTS) is 1. The molecule has 2 atom stereocenters. The lowest BCUT2D eigenvalue weighted by atomic mass is 10.0. The predicted octanol–water partition coefficient (Wildman–Crippen LogP) is 3.14. The van der Waals surface area contributed by atoms with Gasteiger partial charge in [-0.25, -0.2) is 14.5 Å². The fourth-order valence-electron chi connectivity index (χ4n) is 3.11. The molecule has 0 spiro atoms. The van der Waals surface area contributed by atoms with Gasteiger partial charge in [-0.05, 0) is 31.9 Å². The Morgan fingerprint density at radius 1 is 1.25 bits per heavy atom. The number of carbonyl (C=O) groups is 2. The van der Waals surface area contributed by atoms with Crippen LogP contribution in [0.1, 0.15) is 47.9 Å². The number of aliphatic carboxylic acids is 1. The van der Waals surface area contributed by atoms with Gasteiger partial charge in [0, 0.05) is 12.1 Å². The maximum atomic E-state index is 12.9. The van der Waals surface area contributed by atoms with E-state index in [-0.39, 0.29) is 12.5 Å². The highest BCUT2D eigenvalue weighted by atomic mass is 16.4. The Kier molecular flexibility index (Phi) is 5.73. The smallest absolute Gasteiger partial charge is 0.326 e. The SMILES string of the molecule is CCC(C)n1ncc2c(C(=O)N[C@@H](Cc3ccccc3)C(=O)O)cc(C)nc21. The molecule has 1 amide bonds. The first-order chi connectivity index (χ1) is 13.4. The summed E-state index contributed by atoms with van der Waals surface area (Å²) in [4.78, 5) is 29.1. The fourth-order valence-corrected chi connectivity index (χ4v) is 3.11. The Labute approximate surface area is 163 Å². The number of pyridine rings is 1. The standard InChI is InChI=1S/C21H24N4O3/c1-4-14(3)25-19-17(12-22-25)16(10-13(2)23-19)20(26)24-18(21(27)28)11-15-8-6-5-7-9-15/h5-10,12,14,18H,4,11H2,1-3H3,(H,24,26)(H,27,28)/t14?,18-/m0/s1. The molecule has 0 saturated heterocycles. The minimum Gasteiger partial charge on any atom is -0.480 e. The van der Waals surface area contributed by atoms with E-state index in [4.69, 9.17) is 0 Å². The van der Waals surface area contributed by atoms with Gasteiger partial charge >= 0.3 is 5.97 Å². The van der Waals surface area contributed by atoms with E-state index in [1.54, 1.807) is 16.9 Å². The van der Waals surface area contributed by atoms with Crippen molar-refractivity contribution in [3.05, 3.63) is 59.4 Å². The van der Waals surface area contributed by atoms with Gasteiger partial charge in [-0.3, -0.25) is 4.79 Å². The number of aromatic nitrogens is 3. The minimum absolute atomic E-state index is 0.146. The highest BCUT2D eigenvalue weighted by Crippen LogP contribution is 2.22. The molecule has 3 rings (SSSR count). The zero-order valence-electron chi connectivity index (χ0n) is 16.2. The molecule has 7 nitrogen and oxygen atoms in total. The summed E-state index contributed by atoms with van der Waals surface area (Å²) in [6, 6.07) is 10.0. The van der Waals surface area contributed by atoms with Crippen molar-refractivity contribution in [1.82, 2.24) is 20.1 Å². The van der Waals surface area contributed by atoms with Crippen LogP contribution in [0, 0.1) is 6.92 Å². The van der Waals surface area contributed by atoms with Crippen molar-refractivity contribution in [2.45, 2.75) is 45.7 Å². The monoisotopic (exact) mass is 380 g/mol. The second-order valence-corrected chi connectivity index (χ2v) is 6.95. The number of carboxylic acids is 1. The van der Waals surface area contributed by atoms with Gasteiger partial charge in [-0.1, -0.05) is 37.3 Å². The molecule has 2 heterocycles. The number of rotatable bonds is 7. The van der Waals surface area contributed by atoms with Gasteiger partial charge in [0.25, 0.3) is 5.91 Å². The van der Waals surface area contributed by atoms with Crippen molar-refractivity contribution in [3.63, 3.8) is 0 Å². The Morgan fingerprint density at radius 3 is 2.61 bits per heavy atom. The summed E-state index contributed by atoms with van der Waals surface area (Å²) < 4.78 is 1.80. The first-order valence-electron chi connectivity index (χ1n) is 9.33. The number of aryl methyl sites for hydroxylation is 1. The van der Waals surface area contributed by atoms with Crippen LogP contribution in [0.25, 0.3) is 11.0 Å². The number of benzene rings is 1. The van der Waals surface area contributed by atoms with Gasteiger partial charge < -0.3 is 10.4 Å². The van der Waals surface area contributed by atoms with E-state index in [9.17, 15) is 14.7 Å². The van der Waals surface area contributed by atoms with Crippen LogP contribution in [0.15, 0.2) is 42.6 Å². The largest absolute Gasteiger partial charge is 0.480 e. The first-order valence-corrected chi connectivity index (χ1v) is 9.33. The van der Waals surface area contributed by atoms with E-state index >= 15 is 0 Å². The van der Waals surface area contributed by atoms with Gasteiger partial charge in [0.2, 0.25) is 0 Å². The van der Waals surface area contributed by atoms with Crippen molar-refractivity contribution in [3.8, 4) is 0 Å². The number of carbonyl (C=O) groups excluding carboxylic acids is 1. The third-order valence-electron chi connectivity index (χ3n) is 4.83. The zero-order valence-corrected chi connectivity index (χ0v) is 16.2. The summed E-state index contributed by atoms with van der Waals surface area (Å²) in [7, 11) is 0. The molecule has 3 aromatic rings. The van der Waals surface area contributed by atoms with Crippen molar-refractivity contribution < 1.29 is 14.7 Å². The fraction of sp³-hybridized carbons (Fsp3) is 0.333. The molecule has 0 saturated carbocycles. The summed E-state index contributed by atoms with van der Waals surface area (Å²) in [5.41, 5.74) is 2.54. The molecule has 2 N–H and O–H groups in total. The molecule has 0 radical (unpaired) electrons. The second-order valence-electron chi connectivity index (χ2n) is 6.95. The van der Waals surface area contributed by atoms with Crippen LogP contribution in [0.2, 0.25) is 0 Å². The summed E-state index contributed by atoms with van der Waals surface area (Å²) in [5.74, 6) is -1.52. The van der Waals surface area contributed by atoms with E-state index < -0.39 is 17.9 Å². The van der Waals surface area contributed by atoms with Crippen LogP contribution in [0.5, 0.6) is 0 Å². The van der Waals surface area contributed by atoms with Gasteiger partial charge in [0.15, 0.2) is 5.65 Å². The Hall–Kier alpha value is -3.22. The van der Waals surface area contributed by atoms with Gasteiger partial charge in [-0.2, -0.15) is 5.10 Å². The summed E-state index contributed by atoms with van der Waals surface area (Å²) in [6.07, 6.45) is 2.71. The molecule has 28 heavy (non-hydrogen) atoms. The lowest BCUT2D eigenvalue weighted by Crippen LogP contribution is -2.42. The van der Waals surface area contributed by atoms with E-state index in [2.05, 4.69) is 22.3 Å². The van der Waals surface area contributed by atoms with Gasteiger partial charge in [0.1, 0.15) is 6.04 Å². The summed E-state index contributed by atoms with van der Waals surface area (Å²) in [6.45, 7) is 5.90. The highest BCUT2D eigenvalue weighted by molar-refractivity contribution is 6.06. The van der Waals surface area contributed by atoms with Crippen molar-refractivity contribution in [1.29, 1.82) is 0 Å². The van der Waals surface area contributed by atoms with Gasteiger partial charge in [-0.15, -0.1) is 0 Å². The number of fused-ring (bicyclic) bond motifs is 1. The zero-order chi connectivity index (χ0) is 20.3. The normalized spacial score (nSPS) is 13.2. The number of hydrogen-bond donors (Lipinski definition) is 2. The van der Waals surface area contributed by atoms with Crippen LogP contribution in [0.4, 0.5) is 0 Å². The lowest BCUT2D eigenvalue weighted by molar-refractivity contribution is -0.139. The average Bonchev–Trinajstić information content (AvgIpc) is 3.10. The van der Waals surface area contributed by atoms with Crippen LogP contribution < -0.4 is 5.32 Å². The highest BCUT2D eigenvalue weighted by Gasteiger charge is 2.24. The van der Waals surface area contributed by atoms with Gasteiger partial charge in [0.05, 0.1) is 23.2 Å². The molecule has 0 aliphatic carbocycles.